The van der Waals surface area contributed by atoms with Gasteiger partial charge in [0.15, 0.2) is 0 Å². The molecule has 0 aromatic heterocycles. The molecule has 2 aromatic rings. The number of hydrogen-bond donors (Lipinski definition) is 4. The Morgan fingerprint density at radius 3 is 2.14 bits per heavy atom. The molecule has 7 heteroatoms. The molecule has 1 saturated carbocycles. The van der Waals surface area contributed by atoms with Crippen molar-refractivity contribution in [2.24, 2.45) is 5.73 Å². The molecular weight excluding hydrogens is 388 g/mol. The zero-order chi connectivity index (χ0) is 19.8. The van der Waals surface area contributed by atoms with Gasteiger partial charge in [0.05, 0.1) is 0 Å². The van der Waals surface area contributed by atoms with Crippen LogP contribution in [0.5, 0.6) is 0 Å². The molecule has 1 unspecified atom stereocenters. The van der Waals surface area contributed by atoms with Crippen molar-refractivity contribution in [2.45, 2.75) is 43.8 Å². The van der Waals surface area contributed by atoms with Crippen LogP contribution in [0.15, 0.2) is 60.7 Å². The van der Waals surface area contributed by atoms with Crippen molar-refractivity contribution in [3.8, 4) is 0 Å². The van der Waals surface area contributed by atoms with Gasteiger partial charge in [-0.1, -0.05) is 73.5 Å². The maximum atomic E-state index is 12.9. The molecular formula is C22H29ClN4O2. The van der Waals surface area contributed by atoms with Crippen molar-refractivity contribution >= 4 is 24.3 Å². The van der Waals surface area contributed by atoms with Crippen LogP contribution in [-0.4, -0.2) is 24.0 Å². The lowest BCUT2D eigenvalue weighted by molar-refractivity contribution is -0.127. The number of nitrogens with one attached hydrogen (secondary N) is 3. The van der Waals surface area contributed by atoms with Gasteiger partial charge in [0.25, 0.3) is 0 Å². The van der Waals surface area contributed by atoms with Gasteiger partial charge in [-0.3, -0.25) is 4.79 Å². The minimum Gasteiger partial charge on any atom is -0.352 e. The second kappa shape index (κ2) is 10.8. The van der Waals surface area contributed by atoms with Crippen molar-refractivity contribution in [3.05, 3.63) is 71.8 Å². The molecule has 2 aromatic carbocycles. The minimum absolute atomic E-state index is 0. The summed E-state index contributed by atoms with van der Waals surface area (Å²) >= 11 is 0. The van der Waals surface area contributed by atoms with Gasteiger partial charge >= 0.3 is 6.03 Å². The van der Waals surface area contributed by atoms with E-state index in [2.05, 4.69) is 16.0 Å². The van der Waals surface area contributed by atoms with Crippen molar-refractivity contribution in [1.29, 1.82) is 0 Å². The number of rotatable bonds is 7. The minimum atomic E-state index is -0.864. The van der Waals surface area contributed by atoms with Crippen LogP contribution in [0.25, 0.3) is 0 Å². The smallest absolute Gasteiger partial charge is 0.315 e. The molecule has 156 valence electrons. The summed E-state index contributed by atoms with van der Waals surface area (Å²) in [5.41, 5.74) is 7.30. The highest BCUT2D eigenvalue weighted by molar-refractivity contribution is 5.91. The molecule has 5 N–H and O–H groups in total. The maximum absolute atomic E-state index is 12.9. The summed E-state index contributed by atoms with van der Waals surface area (Å²) in [7, 11) is 0. The maximum Gasteiger partial charge on any atom is 0.315 e. The lowest BCUT2D eigenvalue weighted by Gasteiger charge is -2.29. The number of carbonyl (C=O) groups is 2. The van der Waals surface area contributed by atoms with Crippen LogP contribution >= 0.6 is 12.4 Å². The number of amides is 3. The average Bonchev–Trinajstić information content (AvgIpc) is 3.21. The van der Waals surface area contributed by atoms with Crippen LogP contribution in [0.2, 0.25) is 0 Å². The molecule has 1 atom stereocenters. The normalized spacial score (nSPS) is 15.6. The molecule has 1 aliphatic rings. The van der Waals surface area contributed by atoms with E-state index >= 15 is 0 Å². The Bertz CT molecular complexity index is 780. The Kier molecular flexibility index (Phi) is 8.49. The lowest BCUT2D eigenvalue weighted by atomic mass is 9.96. The first kappa shape index (κ1) is 22.7. The summed E-state index contributed by atoms with van der Waals surface area (Å²) in [5.74, 6) is -0.161. The van der Waals surface area contributed by atoms with E-state index in [-0.39, 0.29) is 30.4 Å². The third kappa shape index (κ3) is 6.21. The molecule has 0 aliphatic heterocycles. The van der Waals surface area contributed by atoms with E-state index in [1.165, 1.54) is 0 Å². The van der Waals surface area contributed by atoms with Crippen LogP contribution < -0.4 is 21.7 Å². The molecule has 3 rings (SSSR count). The number of carbonyl (C=O) groups excluding carboxylic acids is 2. The number of benzene rings is 2. The third-order valence-corrected chi connectivity index (χ3v) is 5.25. The molecule has 1 fully saturated rings. The summed E-state index contributed by atoms with van der Waals surface area (Å²) in [5, 5.41) is 8.70. The fraction of sp³-hybridized carbons (Fsp3) is 0.364. The summed E-state index contributed by atoms with van der Waals surface area (Å²) in [6, 6.07) is 18.7. The quantitative estimate of drug-likeness (QED) is 0.558. The van der Waals surface area contributed by atoms with Crippen molar-refractivity contribution in [2.75, 3.05) is 6.54 Å². The van der Waals surface area contributed by atoms with Gasteiger partial charge in [-0.05, 0) is 24.0 Å². The van der Waals surface area contributed by atoms with Gasteiger partial charge < -0.3 is 21.7 Å². The first-order valence-electron chi connectivity index (χ1n) is 9.78. The fourth-order valence-electron chi connectivity index (χ4n) is 3.62. The van der Waals surface area contributed by atoms with Crippen molar-refractivity contribution in [3.63, 3.8) is 0 Å². The monoisotopic (exact) mass is 416 g/mol. The van der Waals surface area contributed by atoms with Gasteiger partial charge in [0, 0.05) is 19.1 Å². The molecule has 29 heavy (non-hydrogen) atoms. The summed E-state index contributed by atoms with van der Waals surface area (Å²) < 4.78 is 0. The SMILES string of the molecule is Cl.NC(CNC(=O)C1(NC(=O)NCc2ccccc2)CCCC1)c1ccccc1. The number of urea groups is 1. The molecule has 3 amide bonds. The number of hydrogen-bond acceptors (Lipinski definition) is 3. The zero-order valence-corrected chi connectivity index (χ0v) is 17.2. The highest BCUT2D eigenvalue weighted by Crippen LogP contribution is 2.30. The second-order valence-electron chi connectivity index (χ2n) is 7.31. The van der Waals surface area contributed by atoms with E-state index < -0.39 is 5.54 Å². The molecule has 0 heterocycles. The standard InChI is InChI=1S/C22H28N4O2.ClH/c23-19(18-11-5-2-6-12-18)16-24-20(27)22(13-7-8-14-22)26-21(28)25-15-17-9-3-1-4-10-17;/h1-6,9-12,19H,7-8,13-16,23H2,(H,24,27)(H2,25,26,28);1H. The Morgan fingerprint density at radius 2 is 1.52 bits per heavy atom. The highest BCUT2D eigenvalue weighted by Gasteiger charge is 2.42. The largest absolute Gasteiger partial charge is 0.352 e. The number of nitrogens with two attached hydrogens (primary N) is 1. The Labute approximate surface area is 178 Å². The molecule has 0 bridgehead atoms. The first-order chi connectivity index (χ1) is 13.6. The van der Waals surface area contributed by atoms with Gasteiger partial charge in [-0.25, -0.2) is 4.79 Å². The summed E-state index contributed by atoms with van der Waals surface area (Å²) in [6.45, 7) is 0.751. The van der Waals surface area contributed by atoms with Gasteiger partial charge in [0.1, 0.15) is 5.54 Å². The molecule has 6 nitrogen and oxygen atoms in total. The fourth-order valence-corrected chi connectivity index (χ4v) is 3.62. The molecule has 0 spiro atoms. The van der Waals surface area contributed by atoms with Crippen LogP contribution in [0.4, 0.5) is 4.79 Å². The van der Waals surface area contributed by atoms with E-state index in [0.29, 0.717) is 25.9 Å². The van der Waals surface area contributed by atoms with Gasteiger partial charge in [0.2, 0.25) is 5.91 Å². The molecule has 0 radical (unpaired) electrons. The average molecular weight is 417 g/mol. The third-order valence-electron chi connectivity index (χ3n) is 5.25. The van der Waals surface area contributed by atoms with Gasteiger partial charge in [-0.15, -0.1) is 12.4 Å². The predicted molar refractivity (Wildman–Crippen MR) is 117 cm³/mol. The second-order valence-corrected chi connectivity index (χ2v) is 7.31. The predicted octanol–water partition coefficient (Wildman–Crippen LogP) is 3.04. The summed E-state index contributed by atoms with van der Waals surface area (Å²) in [6.07, 6.45) is 3.10. The number of halogens is 1. The Hall–Kier alpha value is -2.57. The van der Waals surface area contributed by atoms with E-state index in [1.807, 2.05) is 60.7 Å². The van der Waals surface area contributed by atoms with Crippen molar-refractivity contribution < 1.29 is 9.59 Å². The molecule has 0 saturated heterocycles. The zero-order valence-electron chi connectivity index (χ0n) is 16.4. The topological polar surface area (TPSA) is 96.2 Å². The van der Waals surface area contributed by atoms with Crippen LogP contribution in [-0.2, 0) is 11.3 Å². The lowest BCUT2D eigenvalue weighted by Crippen LogP contribution is -2.59. The van der Waals surface area contributed by atoms with Crippen LogP contribution in [0.1, 0.15) is 42.9 Å². The van der Waals surface area contributed by atoms with E-state index in [0.717, 1.165) is 24.0 Å². The highest BCUT2D eigenvalue weighted by atomic mass is 35.5. The summed E-state index contributed by atoms with van der Waals surface area (Å²) in [4.78, 5) is 25.3. The van der Waals surface area contributed by atoms with Crippen LogP contribution in [0.3, 0.4) is 0 Å². The van der Waals surface area contributed by atoms with E-state index in [9.17, 15) is 9.59 Å². The van der Waals surface area contributed by atoms with Crippen molar-refractivity contribution in [1.82, 2.24) is 16.0 Å². The Morgan fingerprint density at radius 1 is 0.931 bits per heavy atom. The first-order valence-corrected chi connectivity index (χ1v) is 9.78. The van der Waals surface area contributed by atoms with Gasteiger partial charge in [-0.2, -0.15) is 0 Å². The van der Waals surface area contributed by atoms with E-state index in [1.54, 1.807) is 0 Å². The molecule has 1 aliphatic carbocycles. The van der Waals surface area contributed by atoms with E-state index in [4.69, 9.17) is 5.73 Å². The van der Waals surface area contributed by atoms with Crippen LogP contribution in [0, 0.1) is 0 Å². The Balaban J connectivity index is 0.00000300.